The molecule has 0 saturated carbocycles. The van der Waals surface area contributed by atoms with Crippen molar-refractivity contribution < 1.29 is 18.7 Å². The van der Waals surface area contributed by atoms with E-state index in [1.165, 1.54) is 21.9 Å². The molecule has 2 amide bonds. The number of amides is 2. The number of hydrogen-bond acceptors (Lipinski definition) is 4. The largest absolute Gasteiger partial charge is 0.489 e. The first-order valence-electron chi connectivity index (χ1n) is 12.4. The van der Waals surface area contributed by atoms with Crippen LogP contribution in [0.2, 0.25) is 0 Å². The molecular weight excluding hydrogens is 511 g/mol. The maximum atomic E-state index is 13.7. The molecule has 0 aliphatic carbocycles. The number of benzene rings is 4. The average Bonchev–Trinajstić information content (AvgIpc) is 2.94. The van der Waals surface area contributed by atoms with Gasteiger partial charge >= 0.3 is 0 Å². The van der Waals surface area contributed by atoms with Crippen molar-refractivity contribution in [2.24, 2.45) is 0 Å². The molecule has 0 bridgehead atoms. The summed E-state index contributed by atoms with van der Waals surface area (Å²) >= 11 is 5.70. The summed E-state index contributed by atoms with van der Waals surface area (Å²) in [5, 5.41) is 0.0983. The van der Waals surface area contributed by atoms with Crippen LogP contribution in [0.4, 0.5) is 15.8 Å². The van der Waals surface area contributed by atoms with Gasteiger partial charge in [-0.1, -0.05) is 48.5 Å². The molecule has 1 heterocycles. The minimum absolute atomic E-state index is 0.00865. The van der Waals surface area contributed by atoms with E-state index in [4.69, 9.17) is 17.0 Å². The summed E-state index contributed by atoms with van der Waals surface area (Å²) in [5.74, 6) is -0.678. The van der Waals surface area contributed by atoms with Gasteiger partial charge in [0, 0.05) is 0 Å². The van der Waals surface area contributed by atoms with Gasteiger partial charge in [-0.2, -0.15) is 0 Å². The predicted octanol–water partition coefficient (Wildman–Crippen LogP) is 6.77. The molecule has 1 saturated heterocycles. The number of aryl methyl sites for hydroxylation is 2. The second-order valence-corrected chi connectivity index (χ2v) is 9.58. The second kappa shape index (κ2) is 11.0. The van der Waals surface area contributed by atoms with Crippen molar-refractivity contribution >= 4 is 46.6 Å². The zero-order valence-corrected chi connectivity index (χ0v) is 22.2. The van der Waals surface area contributed by atoms with Gasteiger partial charge < -0.3 is 4.74 Å². The average molecular weight is 537 g/mol. The Morgan fingerprint density at radius 3 is 2.05 bits per heavy atom. The summed E-state index contributed by atoms with van der Waals surface area (Å²) < 4.78 is 18.9. The standard InChI is InChI=1S/C32H25FN2O3S/c1-21-8-15-27(18-22(21)2)35-31(37)29(30(36)34(32(35)39)26-6-4-3-5-7-26)19-23-11-16-28(17-12-23)38-20-24-9-13-25(33)14-10-24/h3-19H,20H2,1-2H3/b29-19-. The van der Waals surface area contributed by atoms with Crippen LogP contribution >= 0.6 is 12.2 Å². The first kappa shape index (κ1) is 26.0. The third-order valence-electron chi connectivity index (χ3n) is 6.52. The fourth-order valence-corrected chi connectivity index (χ4v) is 4.58. The lowest BCUT2D eigenvalue weighted by Gasteiger charge is -2.36. The lowest BCUT2D eigenvalue weighted by atomic mass is 10.0. The Hall–Kier alpha value is -4.62. The zero-order valence-electron chi connectivity index (χ0n) is 21.4. The molecule has 1 aliphatic rings. The minimum Gasteiger partial charge on any atom is -0.489 e. The molecule has 0 N–H and O–H groups in total. The number of carbonyl (C=O) groups is 2. The van der Waals surface area contributed by atoms with Gasteiger partial charge in [0.2, 0.25) is 0 Å². The van der Waals surface area contributed by atoms with Crippen LogP contribution in [0.25, 0.3) is 6.08 Å². The van der Waals surface area contributed by atoms with E-state index in [0.29, 0.717) is 22.7 Å². The molecular formula is C32H25FN2O3S. The van der Waals surface area contributed by atoms with Gasteiger partial charge in [0.05, 0.1) is 11.4 Å². The third-order valence-corrected chi connectivity index (χ3v) is 6.89. The first-order valence-corrected chi connectivity index (χ1v) is 12.8. The number of rotatable bonds is 6. The zero-order chi connectivity index (χ0) is 27.5. The predicted molar refractivity (Wildman–Crippen MR) is 155 cm³/mol. The molecule has 0 radical (unpaired) electrons. The lowest BCUT2D eigenvalue weighted by Crippen LogP contribution is -2.57. The number of halogens is 1. The lowest BCUT2D eigenvalue weighted by molar-refractivity contribution is -0.120. The van der Waals surface area contributed by atoms with Gasteiger partial charge in [-0.3, -0.25) is 19.4 Å². The fraction of sp³-hybridized carbons (Fsp3) is 0.0938. The Kier molecular flexibility index (Phi) is 7.34. The Labute approximate surface area is 231 Å². The molecule has 1 aliphatic heterocycles. The minimum atomic E-state index is -0.493. The first-order chi connectivity index (χ1) is 18.8. The highest BCUT2D eigenvalue weighted by molar-refractivity contribution is 7.81. The molecule has 7 heteroatoms. The van der Waals surface area contributed by atoms with Gasteiger partial charge in [0.1, 0.15) is 23.7 Å². The van der Waals surface area contributed by atoms with Crippen molar-refractivity contribution in [3.05, 3.63) is 131 Å². The monoisotopic (exact) mass is 536 g/mol. The molecule has 0 aromatic heterocycles. The summed E-state index contributed by atoms with van der Waals surface area (Å²) in [6.07, 6.45) is 1.57. The molecule has 0 atom stereocenters. The SMILES string of the molecule is Cc1ccc(N2C(=O)/C(=C\c3ccc(OCc4ccc(F)cc4)cc3)C(=O)N(c3ccccc3)C2=S)cc1C. The highest BCUT2D eigenvalue weighted by atomic mass is 32.1. The van der Waals surface area contributed by atoms with Gasteiger partial charge in [0.15, 0.2) is 5.11 Å². The van der Waals surface area contributed by atoms with Gasteiger partial charge in [-0.05, 0) is 103 Å². The van der Waals surface area contributed by atoms with Gasteiger partial charge in [0.25, 0.3) is 11.8 Å². The number of ether oxygens (including phenoxy) is 1. The fourth-order valence-electron chi connectivity index (χ4n) is 4.20. The summed E-state index contributed by atoms with van der Waals surface area (Å²) in [5.41, 5.74) is 4.74. The van der Waals surface area contributed by atoms with Gasteiger partial charge in [-0.15, -0.1) is 0 Å². The van der Waals surface area contributed by atoms with Crippen molar-refractivity contribution in [3.8, 4) is 5.75 Å². The van der Waals surface area contributed by atoms with Crippen molar-refractivity contribution in [1.82, 2.24) is 0 Å². The van der Waals surface area contributed by atoms with Crippen LogP contribution in [0.1, 0.15) is 22.3 Å². The van der Waals surface area contributed by atoms with Crippen LogP contribution in [0.5, 0.6) is 5.75 Å². The second-order valence-electron chi connectivity index (χ2n) is 9.21. The number of anilines is 2. The van der Waals surface area contributed by atoms with E-state index in [-0.39, 0.29) is 23.1 Å². The highest BCUT2D eigenvalue weighted by Gasteiger charge is 2.41. The van der Waals surface area contributed by atoms with E-state index >= 15 is 0 Å². The van der Waals surface area contributed by atoms with Crippen LogP contribution in [-0.4, -0.2) is 16.9 Å². The van der Waals surface area contributed by atoms with Crippen LogP contribution < -0.4 is 14.5 Å². The number of para-hydroxylation sites is 1. The van der Waals surface area contributed by atoms with Crippen LogP contribution in [0.15, 0.2) is 103 Å². The topological polar surface area (TPSA) is 49.9 Å². The van der Waals surface area contributed by atoms with E-state index in [0.717, 1.165) is 16.7 Å². The quantitative estimate of drug-likeness (QED) is 0.155. The van der Waals surface area contributed by atoms with E-state index in [2.05, 4.69) is 0 Å². The summed E-state index contributed by atoms with van der Waals surface area (Å²) in [7, 11) is 0. The van der Waals surface area contributed by atoms with E-state index < -0.39 is 11.8 Å². The summed E-state index contributed by atoms with van der Waals surface area (Å²) in [6.45, 7) is 4.24. The van der Waals surface area contributed by atoms with Crippen molar-refractivity contribution in [3.63, 3.8) is 0 Å². The third kappa shape index (κ3) is 5.49. The molecule has 4 aromatic carbocycles. The molecule has 1 fully saturated rings. The molecule has 39 heavy (non-hydrogen) atoms. The number of thiocarbonyl (C=S) groups is 1. The van der Waals surface area contributed by atoms with Crippen LogP contribution in [0.3, 0.4) is 0 Å². The number of carbonyl (C=O) groups excluding carboxylic acids is 2. The van der Waals surface area contributed by atoms with Gasteiger partial charge in [-0.25, -0.2) is 4.39 Å². The molecule has 194 valence electrons. The smallest absolute Gasteiger partial charge is 0.270 e. The summed E-state index contributed by atoms with van der Waals surface area (Å²) in [4.78, 5) is 30.2. The van der Waals surface area contributed by atoms with Crippen LogP contribution in [0, 0.1) is 19.7 Å². The normalized spacial score (nSPS) is 14.7. The molecule has 5 rings (SSSR count). The molecule has 0 unspecified atom stereocenters. The molecule has 4 aromatic rings. The number of hydrogen-bond donors (Lipinski definition) is 0. The molecule has 5 nitrogen and oxygen atoms in total. The Bertz CT molecular complexity index is 1580. The Morgan fingerprint density at radius 1 is 0.769 bits per heavy atom. The van der Waals surface area contributed by atoms with Crippen LogP contribution in [-0.2, 0) is 16.2 Å². The summed E-state index contributed by atoms with van der Waals surface area (Å²) in [6, 6.07) is 27.9. The highest BCUT2D eigenvalue weighted by Crippen LogP contribution is 2.31. The van der Waals surface area contributed by atoms with E-state index in [9.17, 15) is 14.0 Å². The van der Waals surface area contributed by atoms with E-state index in [1.807, 2.05) is 50.2 Å². The van der Waals surface area contributed by atoms with Crippen molar-refractivity contribution in [1.29, 1.82) is 0 Å². The van der Waals surface area contributed by atoms with Crippen molar-refractivity contribution in [2.45, 2.75) is 20.5 Å². The Morgan fingerprint density at radius 2 is 1.41 bits per heavy atom. The van der Waals surface area contributed by atoms with Crippen molar-refractivity contribution in [2.75, 3.05) is 9.80 Å². The number of nitrogens with zero attached hydrogens (tertiary/aromatic N) is 2. The van der Waals surface area contributed by atoms with E-state index in [1.54, 1.807) is 54.6 Å². The Balaban J connectivity index is 1.46. The maximum absolute atomic E-state index is 13.7. The molecule has 0 spiro atoms. The maximum Gasteiger partial charge on any atom is 0.270 e.